The van der Waals surface area contributed by atoms with Crippen molar-refractivity contribution in [3.05, 3.63) is 16.6 Å². The van der Waals surface area contributed by atoms with Gasteiger partial charge in [-0.2, -0.15) is 0 Å². The monoisotopic (exact) mass is 239 g/mol. The van der Waals surface area contributed by atoms with E-state index in [1.54, 1.807) is 11.3 Å². The van der Waals surface area contributed by atoms with Crippen molar-refractivity contribution in [2.45, 2.75) is 44.7 Å². The lowest BCUT2D eigenvalue weighted by molar-refractivity contribution is 0.497. The number of aromatic nitrogens is 1. The molecular weight excluding hydrogens is 218 g/mol. The third kappa shape index (κ3) is 3.85. The van der Waals surface area contributed by atoms with Gasteiger partial charge in [0.1, 0.15) is 5.01 Å². The molecule has 0 amide bonds. The minimum Gasteiger partial charge on any atom is -0.314 e. The summed E-state index contributed by atoms with van der Waals surface area (Å²) in [4.78, 5) is 4.36. The van der Waals surface area contributed by atoms with Crippen LogP contribution in [0.2, 0.25) is 0 Å². The van der Waals surface area contributed by atoms with Gasteiger partial charge in [-0.15, -0.1) is 11.3 Å². The standard InChI is InChI=1S/C12H21N3S/c1-2-11(12-15-8-9-16-12)14-7-3-6-13-10-4-5-10/h8-11,13-14H,2-7H2,1H3. The normalized spacial score (nSPS) is 17.6. The van der Waals surface area contributed by atoms with Gasteiger partial charge in [-0.3, -0.25) is 0 Å². The molecule has 16 heavy (non-hydrogen) atoms. The minimum absolute atomic E-state index is 0.445. The van der Waals surface area contributed by atoms with Crippen molar-refractivity contribution in [1.82, 2.24) is 15.6 Å². The van der Waals surface area contributed by atoms with Gasteiger partial charge in [-0.05, 0) is 38.8 Å². The zero-order valence-electron chi connectivity index (χ0n) is 9.91. The summed E-state index contributed by atoms with van der Waals surface area (Å²) >= 11 is 1.75. The van der Waals surface area contributed by atoms with Crippen molar-refractivity contribution < 1.29 is 0 Å². The van der Waals surface area contributed by atoms with E-state index in [9.17, 15) is 0 Å². The van der Waals surface area contributed by atoms with E-state index in [2.05, 4.69) is 22.5 Å². The predicted molar refractivity (Wildman–Crippen MR) is 68.8 cm³/mol. The summed E-state index contributed by atoms with van der Waals surface area (Å²) in [7, 11) is 0. The van der Waals surface area contributed by atoms with Crippen LogP contribution < -0.4 is 10.6 Å². The summed E-state index contributed by atoms with van der Waals surface area (Å²) in [5.41, 5.74) is 0. The molecule has 2 N–H and O–H groups in total. The highest BCUT2D eigenvalue weighted by atomic mass is 32.1. The van der Waals surface area contributed by atoms with E-state index in [0.717, 1.165) is 25.6 Å². The Morgan fingerprint density at radius 2 is 2.38 bits per heavy atom. The lowest BCUT2D eigenvalue weighted by Gasteiger charge is -2.14. The van der Waals surface area contributed by atoms with Gasteiger partial charge in [-0.1, -0.05) is 6.92 Å². The maximum atomic E-state index is 4.36. The van der Waals surface area contributed by atoms with E-state index in [-0.39, 0.29) is 0 Å². The third-order valence-corrected chi connectivity index (χ3v) is 3.80. The Hall–Kier alpha value is -0.450. The van der Waals surface area contributed by atoms with Gasteiger partial charge in [0.25, 0.3) is 0 Å². The molecule has 1 aromatic heterocycles. The number of rotatable bonds is 8. The predicted octanol–water partition coefficient (Wildman–Crippen LogP) is 2.33. The first-order valence-electron chi connectivity index (χ1n) is 6.26. The summed E-state index contributed by atoms with van der Waals surface area (Å²) in [6.07, 6.45) is 6.97. The van der Waals surface area contributed by atoms with Crippen LogP contribution in [-0.4, -0.2) is 24.1 Å². The maximum absolute atomic E-state index is 4.36. The summed E-state index contributed by atoms with van der Waals surface area (Å²) in [6.45, 7) is 4.44. The fourth-order valence-corrected chi connectivity index (χ4v) is 2.57. The fraction of sp³-hybridized carbons (Fsp3) is 0.750. The number of hydrogen-bond acceptors (Lipinski definition) is 4. The average molecular weight is 239 g/mol. The highest BCUT2D eigenvalue weighted by Crippen LogP contribution is 2.19. The van der Waals surface area contributed by atoms with Crippen LogP contribution in [0.1, 0.15) is 43.7 Å². The Bertz CT molecular complexity index is 282. The van der Waals surface area contributed by atoms with Crippen LogP contribution in [-0.2, 0) is 0 Å². The van der Waals surface area contributed by atoms with Gasteiger partial charge in [0.2, 0.25) is 0 Å². The van der Waals surface area contributed by atoms with E-state index < -0.39 is 0 Å². The summed E-state index contributed by atoms with van der Waals surface area (Å²) in [5.74, 6) is 0. The molecule has 0 saturated heterocycles. The molecule has 1 aromatic rings. The Balaban J connectivity index is 1.59. The van der Waals surface area contributed by atoms with Crippen molar-refractivity contribution >= 4 is 11.3 Å². The van der Waals surface area contributed by atoms with Crippen LogP contribution in [0.4, 0.5) is 0 Å². The van der Waals surface area contributed by atoms with E-state index in [4.69, 9.17) is 0 Å². The lowest BCUT2D eigenvalue weighted by Crippen LogP contribution is -2.26. The second kappa shape index (κ2) is 6.33. The van der Waals surface area contributed by atoms with Crippen molar-refractivity contribution in [2.24, 2.45) is 0 Å². The molecule has 1 atom stereocenters. The first kappa shape index (κ1) is 12.0. The molecule has 1 saturated carbocycles. The molecule has 3 nitrogen and oxygen atoms in total. The zero-order valence-corrected chi connectivity index (χ0v) is 10.7. The second-order valence-electron chi connectivity index (χ2n) is 4.37. The third-order valence-electron chi connectivity index (χ3n) is 2.91. The molecule has 1 aliphatic rings. The first-order chi connectivity index (χ1) is 7.90. The lowest BCUT2D eigenvalue weighted by atomic mass is 10.2. The molecule has 0 aromatic carbocycles. The number of nitrogens with zero attached hydrogens (tertiary/aromatic N) is 1. The van der Waals surface area contributed by atoms with Crippen molar-refractivity contribution in [1.29, 1.82) is 0 Å². The van der Waals surface area contributed by atoms with E-state index in [1.807, 2.05) is 11.6 Å². The Labute approximate surface area is 102 Å². The molecule has 1 heterocycles. The molecule has 4 heteroatoms. The summed E-state index contributed by atoms with van der Waals surface area (Å²) in [5, 5.41) is 10.4. The quantitative estimate of drug-likeness (QED) is 0.684. The van der Waals surface area contributed by atoms with Crippen molar-refractivity contribution in [3.8, 4) is 0 Å². The fourth-order valence-electron chi connectivity index (χ4n) is 1.77. The van der Waals surface area contributed by atoms with Crippen LogP contribution in [0, 0.1) is 0 Å². The Morgan fingerprint density at radius 1 is 1.50 bits per heavy atom. The summed E-state index contributed by atoms with van der Waals surface area (Å²) in [6, 6.07) is 1.28. The van der Waals surface area contributed by atoms with E-state index in [1.165, 1.54) is 24.3 Å². The smallest absolute Gasteiger partial charge is 0.109 e. The Kier molecular flexibility index (Phi) is 4.75. The highest BCUT2D eigenvalue weighted by Gasteiger charge is 2.19. The summed E-state index contributed by atoms with van der Waals surface area (Å²) < 4.78 is 0. The molecule has 0 spiro atoms. The molecule has 0 radical (unpaired) electrons. The zero-order chi connectivity index (χ0) is 11.2. The first-order valence-corrected chi connectivity index (χ1v) is 7.14. The molecule has 0 aliphatic heterocycles. The minimum atomic E-state index is 0.445. The van der Waals surface area contributed by atoms with Crippen LogP contribution in [0.3, 0.4) is 0 Å². The van der Waals surface area contributed by atoms with Crippen molar-refractivity contribution in [3.63, 3.8) is 0 Å². The van der Waals surface area contributed by atoms with Gasteiger partial charge in [0.15, 0.2) is 0 Å². The SMILES string of the molecule is CCC(NCCCNC1CC1)c1nccs1. The Morgan fingerprint density at radius 3 is 3.00 bits per heavy atom. The molecule has 90 valence electrons. The number of thiazole rings is 1. The van der Waals surface area contributed by atoms with Crippen LogP contribution >= 0.6 is 11.3 Å². The maximum Gasteiger partial charge on any atom is 0.109 e. The van der Waals surface area contributed by atoms with Gasteiger partial charge in [0.05, 0.1) is 6.04 Å². The molecule has 1 aliphatic carbocycles. The van der Waals surface area contributed by atoms with Gasteiger partial charge < -0.3 is 10.6 Å². The van der Waals surface area contributed by atoms with Crippen LogP contribution in [0.15, 0.2) is 11.6 Å². The molecule has 0 bridgehead atoms. The number of nitrogens with one attached hydrogen (secondary N) is 2. The molecule has 1 fully saturated rings. The molecular formula is C12H21N3S. The van der Waals surface area contributed by atoms with Gasteiger partial charge in [0, 0.05) is 17.6 Å². The van der Waals surface area contributed by atoms with Crippen molar-refractivity contribution in [2.75, 3.05) is 13.1 Å². The second-order valence-corrected chi connectivity index (χ2v) is 5.29. The van der Waals surface area contributed by atoms with Crippen LogP contribution in [0.25, 0.3) is 0 Å². The highest BCUT2D eigenvalue weighted by molar-refractivity contribution is 7.09. The molecule has 1 unspecified atom stereocenters. The largest absolute Gasteiger partial charge is 0.314 e. The topological polar surface area (TPSA) is 37.0 Å². The number of hydrogen-bond donors (Lipinski definition) is 2. The average Bonchev–Trinajstić information content (AvgIpc) is 2.97. The van der Waals surface area contributed by atoms with Gasteiger partial charge >= 0.3 is 0 Å². The van der Waals surface area contributed by atoms with E-state index in [0.29, 0.717) is 6.04 Å². The van der Waals surface area contributed by atoms with Gasteiger partial charge in [-0.25, -0.2) is 4.98 Å². The van der Waals surface area contributed by atoms with Crippen LogP contribution in [0.5, 0.6) is 0 Å². The molecule has 2 rings (SSSR count). The van der Waals surface area contributed by atoms with E-state index >= 15 is 0 Å².